The number of fused-ring (bicyclic) bond motifs is 1. The van der Waals surface area contributed by atoms with Crippen molar-refractivity contribution >= 4 is 37.5 Å². The molecular formula is C11H10BrN7O2S. The second-order valence-corrected chi connectivity index (χ2v) is 7.43. The average Bonchev–Trinajstić information content (AvgIpc) is 2.81. The Kier molecular flexibility index (Phi) is 3.33. The Labute approximate surface area is 133 Å². The third-order valence-electron chi connectivity index (χ3n) is 2.80. The number of rotatable bonds is 2. The lowest BCUT2D eigenvalue weighted by molar-refractivity contribution is 0.592. The molecule has 0 bridgehead atoms. The van der Waals surface area contributed by atoms with Gasteiger partial charge >= 0.3 is 0 Å². The maximum atomic E-state index is 11.5. The number of nitrogen functional groups attached to an aromatic ring is 1. The maximum absolute atomic E-state index is 11.5. The van der Waals surface area contributed by atoms with Crippen molar-refractivity contribution in [3.05, 3.63) is 22.3 Å². The maximum Gasteiger partial charge on any atom is 0.258 e. The molecule has 0 aliphatic heterocycles. The highest BCUT2D eigenvalue weighted by Gasteiger charge is 2.18. The predicted molar refractivity (Wildman–Crippen MR) is 81.8 cm³/mol. The number of hydrogen-bond donors (Lipinski definition) is 1. The molecule has 0 unspecified atom stereocenters. The van der Waals surface area contributed by atoms with Crippen LogP contribution in [0.5, 0.6) is 0 Å². The quantitative estimate of drug-likeness (QED) is 0.681. The molecule has 114 valence electrons. The van der Waals surface area contributed by atoms with Gasteiger partial charge in [0, 0.05) is 16.9 Å². The van der Waals surface area contributed by atoms with Crippen LogP contribution < -0.4 is 5.73 Å². The molecule has 2 N–H and O–H groups in total. The summed E-state index contributed by atoms with van der Waals surface area (Å²) in [4.78, 5) is 16.0. The second kappa shape index (κ2) is 4.95. The smallest absolute Gasteiger partial charge is 0.258 e. The van der Waals surface area contributed by atoms with E-state index in [4.69, 9.17) is 5.73 Å². The van der Waals surface area contributed by atoms with Crippen molar-refractivity contribution < 1.29 is 8.42 Å². The van der Waals surface area contributed by atoms with Gasteiger partial charge in [0.2, 0.25) is 21.6 Å². The van der Waals surface area contributed by atoms with Crippen LogP contribution in [0.1, 0.15) is 5.56 Å². The van der Waals surface area contributed by atoms with Gasteiger partial charge in [-0.1, -0.05) is 0 Å². The third-order valence-corrected chi connectivity index (χ3v) is 4.08. The summed E-state index contributed by atoms with van der Waals surface area (Å²) in [5.74, 6) is 0.225. The number of nitrogens with zero attached hydrogens (tertiary/aromatic N) is 6. The summed E-state index contributed by atoms with van der Waals surface area (Å²) in [6.45, 7) is 1.86. The van der Waals surface area contributed by atoms with Gasteiger partial charge in [0.25, 0.3) is 10.9 Å². The number of pyridine rings is 1. The number of anilines is 1. The van der Waals surface area contributed by atoms with Crippen LogP contribution in [0.25, 0.3) is 17.3 Å². The van der Waals surface area contributed by atoms with E-state index >= 15 is 0 Å². The van der Waals surface area contributed by atoms with Crippen LogP contribution in [-0.4, -0.2) is 44.2 Å². The Balaban J connectivity index is 2.24. The first-order valence-corrected chi connectivity index (χ1v) is 8.67. The van der Waals surface area contributed by atoms with E-state index in [-0.39, 0.29) is 17.6 Å². The van der Waals surface area contributed by atoms with Crippen molar-refractivity contribution in [3.8, 4) is 11.5 Å². The number of sulfone groups is 1. The molecule has 0 aliphatic rings. The first-order chi connectivity index (χ1) is 10.3. The molecular weight excluding hydrogens is 374 g/mol. The van der Waals surface area contributed by atoms with Crippen LogP contribution in [0.15, 0.2) is 21.9 Å². The molecule has 3 aromatic heterocycles. The van der Waals surface area contributed by atoms with E-state index in [2.05, 4.69) is 41.0 Å². The van der Waals surface area contributed by atoms with Crippen molar-refractivity contribution in [2.24, 2.45) is 0 Å². The fourth-order valence-electron chi connectivity index (χ4n) is 1.83. The zero-order valence-corrected chi connectivity index (χ0v) is 13.9. The molecule has 0 amide bonds. The fraction of sp³-hybridized carbons (Fsp3) is 0.182. The highest BCUT2D eigenvalue weighted by atomic mass is 79.9. The molecule has 22 heavy (non-hydrogen) atoms. The van der Waals surface area contributed by atoms with Crippen molar-refractivity contribution in [3.63, 3.8) is 0 Å². The van der Waals surface area contributed by atoms with Gasteiger partial charge < -0.3 is 5.73 Å². The molecule has 9 nitrogen and oxygen atoms in total. The number of nitrogens with two attached hydrogens (primary N) is 1. The average molecular weight is 384 g/mol. The van der Waals surface area contributed by atoms with Gasteiger partial charge in [-0.25, -0.2) is 8.42 Å². The van der Waals surface area contributed by atoms with Crippen LogP contribution in [0.4, 0.5) is 5.95 Å². The van der Waals surface area contributed by atoms with Gasteiger partial charge in [0.1, 0.15) is 5.69 Å². The molecule has 0 spiro atoms. The molecule has 0 saturated carbocycles. The van der Waals surface area contributed by atoms with E-state index in [1.165, 1.54) is 4.52 Å². The van der Waals surface area contributed by atoms with Gasteiger partial charge in [0.15, 0.2) is 0 Å². The minimum Gasteiger partial charge on any atom is -0.368 e. The molecule has 3 heterocycles. The zero-order valence-electron chi connectivity index (χ0n) is 11.5. The van der Waals surface area contributed by atoms with Gasteiger partial charge in [0.05, 0.1) is 0 Å². The van der Waals surface area contributed by atoms with Crippen molar-refractivity contribution in [1.29, 1.82) is 0 Å². The number of hydrogen-bond acceptors (Lipinski definition) is 8. The molecule has 0 atom stereocenters. The summed E-state index contributed by atoms with van der Waals surface area (Å²) in [6.07, 6.45) is 2.61. The van der Waals surface area contributed by atoms with Crippen LogP contribution in [0.3, 0.4) is 0 Å². The summed E-state index contributed by atoms with van der Waals surface area (Å²) >= 11 is 3.33. The number of aromatic nitrogens is 6. The first kappa shape index (κ1) is 14.8. The van der Waals surface area contributed by atoms with E-state index < -0.39 is 15.0 Å². The minimum atomic E-state index is -3.59. The van der Waals surface area contributed by atoms with Crippen molar-refractivity contribution in [1.82, 2.24) is 29.5 Å². The molecule has 0 aromatic carbocycles. The first-order valence-electron chi connectivity index (χ1n) is 5.98. The highest BCUT2D eigenvalue weighted by Crippen LogP contribution is 2.21. The lowest BCUT2D eigenvalue weighted by Crippen LogP contribution is -2.11. The molecule has 0 radical (unpaired) electrons. The lowest BCUT2D eigenvalue weighted by Gasteiger charge is -2.00. The van der Waals surface area contributed by atoms with Gasteiger partial charge in [-0.3, -0.25) is 4.98 Å². The van der Waals surface area contributed by atoms with Crippen molar-refractivity contribution in [2.75, 3.05) is 12.0 Å². The van der Waals surface area contributed by atoms with Gasteiger partial charge in [-0.2, -0.15) is 19.5 Å². The monoisotopic (exact) mass is 383 g/mol. The Bertz CT molecular complexity index is 999. The molecule has 11 heteroatoms. The number of halogens is 1. The lowest BCUT2D eigenvalue weighted by atomic mass is 10.2. The summed E-state index contributed by atoms with van der Waals surface area (Å²) in [6, 6.07) is 1.87. The third kappa shape index (κ3) is 2.52. The Morgan fingerprint density at radius 2 is 2.00 bits per heavy atom. The zero-order chi connectivity index (χ0) is 16.1. The Morgan fingerprint density at radius 1 is 1.27 bits per heavy atom. The molecule has 3 aromatic rings. The summed E-state index contributed by atoms with van der Waals surface area (Å²) in [5.41, 5.74) is 7.12. The molecule has 0 saturated heterocycles. The molecule has 0 fully saturated rings. The normalized spacial score (nSPS) is 12.0. The van der Waals surface area contributed by atoms with E-state index in [1.807, 2.05) is 13.0 Å². The SMILES string of the molecule is Cc1cc(Br)cnc1-c1nc2nc(S(C)(=O)=O)nc(N)n2n1. The van der Waals surface area contributed by atoms with E-state index in [9.17, 15) is 8.42 Å². The van der Waals surface area contributed by atoms with Crippen LogP contribution in [-0.2, 0) is 9.84 Å². The van der Waals surface area contributed by atoms with E-state index in [0.717, 1.165) is 16.3 Å². The van der Waals surface area contributed by atoms with E-state index in [0.29, 0.717) is 5.69 Å². The Hall–Kier alpha value is -2.14. The minimum absolute atomic E-state index is 0.0482. The molecule has 3 rings (SSSR count). The largest absolute Gasteiger partial charge is 0.368 e. The van der Waals surface area contributed by atoms with Crippen LogP contribution in [0, 0.1) is 6.92 Å². The van der Waals surface area contributed by atoms with Gasteiger partial charge in [-0.15, -0.1) is 5.10 Å². The van der Waals surface area contributed by atoms with Crippen LogP contribution in [0.2, 0.25) is 0 Å². The highest BCUT2D eigenvalue weighted by molar-refractivity contribution is 9.10. The Morgan fingerprint density at radius 3 is 2.64 bits per heavy atom. The topological polar surface area (TPSA) is 129 Å². The predicted octanol–water partition coefficient (Wildman–Crippen LogP) is 0.638. The van der Waals surface area contributed by atoms with Crippen LogP contribution >= 0.6 is 15.9 Å². The molecule has 0 aliphatic carbocycles. The van der Waals surface area contributed by atoms with E-state index in [1.54, 1.807) is 6.20 Å². The summed E-state index contributed by atoms with van der Waals surface area (Å²) in [7, 11) is -3.59. The second-order valence-electron chi connectivity index (χ2n) is 4.60. The summed E-state index contributed by atoms with van der Waals surface area (Å²) < 4.78 is 25.1. The standard InChI is InChI=1S/C11H10BrN7O2S/c1-5-3-6(12)4-14-7(5)8-15-10-17-11(22(2,20)21)16-9(13)19(10)18-8/h3-4H,1-2H3,(H2,13,15,16,17,18). The fourth-order valence-corrected chi connectivity index (χ4v) is 2.78. The summed E-state index contributed by atoms with van der Waals surface area (Å²) in [5, 5.41) is 3.79. The van der Waals surface area contributed by atoms with Crippen molar-refractivity contribution in [2.45, 2.75) is 12.1 Å². The van der Waals surface area contributed by atoms with Gasteiger partial charge in [-0.05, 0) is 34.5 Å². The number of aryl methyl sites for hydroxylation is 1.